The summed E-state index contributed by atoms with van der Waals surface area (Å²) in [5.41, 5.74) is 1.11. The maximum Gasteiger partial charge on any atom is 0.325 e. The lowest BCUT2D eigenvalue weighted by atomic mass is 9.73. The molecule has 0 unspecified atom stereocenters. The van der Waals surface area contributed by atoms with Crippen LogP contribution in [-0.2, 0) is 11.3 Å². The lowest BCUT2D eigenvalue weighted by molar-refractivity contribution is -0.134. The van der Waals surface area contributed by atoms with E-state index in [4.69, 9.17) is 0 Å². The summed E-state index contributed by atoms with van der Waals surface area (Å²) in [5.74, 6) is 0.0944. The zero-order valence-corrected chi connectivity index (χ0v) is 15.0. The van der Waals surface area contributed by atoms with E-state index in [1.807, 2.05) is 35.7 Å². The van der Waals surface area contributed by atoms with Crippen LogP contribution in [0.2, 0.25) is 0 Å². The molecule has 2 aliphatic rings. The van der Waals surface area contributed by atoms with Crippen LogP contribution < -0.4 is 5.32 Å². The molecule has 6 heteroatoms. The SMILES string of the molecule is C[C@H]1CCCC[C@]12NC(=O)N(Cc1csc(-c3ccccc3)n1)C2=O. The molecule has 1 saturated carbocycles. The lowest BCUT2D eigenvalue weighted by Crippen LogP contribution is -2.53. The van der Waals surface area contributed by atoms with Crippen LogP contribution in [0.15, 0.2) is 35.7 Å². The van der Waals surface area contributed by atoms with Crippen molar-refractivity contribution in [3.05, 3.63) is 41.4 Å². The van der Waals surface area contributed by atoms with Gasteiger partial charge < -0.3 is 5.32 Å². The van der Waals surface area contributed by atoms with Crippen molar-refractivity contribution in [3.8, 4) is 10.6 Å². The van der Waals surface area contributed by atoms with E-state index in [-0.39, 0.29) is 24.4 Å². The number of hydrogen-bond donors (Lipinski definition) is 1. The molecule has 0 bridgehead atoms. The summed E-state index contributed by atoms with van der Waals surface area (Å²) in [7, 11) is 0. The monoisotopic (exact) mass is 355 g/mol. The number of hydrogen-bond acceptors (Lipinski definition) is 4. The number of aromatic nitrogens is 1. The van der Waals surface area contributed by atoms with Gasteiger partial charge in [-0.05, 0) is 18.8 Å². The van der Waals surface area contributed by atoms with Crippen LogP contribution in [0.1, 0.15) is 38.3 Å². The number of nitrogens with zero attached hydrogens (tertiary/aromatic N) is 2. The smallest absolute Gasteiger partial charge is 0.323 e. The molecule has 1 N–H and O–H groups in total. The van der Waals surface area contributed by atoms with Gasteiger partial charge in [0.2, 0.25) is 0 Å². The van der Waals surface area contributed by atoms with Crippen LogP contribution in [0.25, 0.3) is 10.6 Å². The van der Waals surface area contributed by atoms with Gasteiger partial charge in [-0.3, -0.25) is 9.69 Å². The Labute approximate surface area is 151 Å². The first-order chi connectivity index (χ1) is 12.1. The number of carbonyl (C=O) groups is 2. The zero-order valence-electron chi connectivity index (χ0n) is 14.2. The molecular formula is C19H21N3O2S. The van der Waals surface area contributed by atoms with Crippen molar-refractivity contribution >= 4 is 23.3 Å². The van der Waals surface area contributed by atoms with Crippen LogP contribution >= 0.6 is 11.3 Å². The Bertz CT molecular complexity index is 804. The highest BCUT2D eigenvalue weighted by Gasteiger charge is 2.54. The van der Waals surface area contributed by atoms with Gasteiger partial charge in [-0.2, -0.15) is 0 Å². The molecule has 2 atom stereocenters. The third-order valence-electron chi connectivity index (χ3n) is 5.39. The molecule has 1 aromatic carbocycles. The van der Waals surface area contributed by atoms with Crippen molar-refractivity contribution in [1.29, 1.82) is 0 Å². The van der Waals surface area contributed by atoms with E-state index in [0.29, 0.717) is 0 Å². The fourth-order valence-electron chi connectivity index (χ4n) is 3.89. The summed E-state index contributed by atoms with van der Waals surface area (Å²) in [5, 5.41) is 5.83. The molecule has 2 heterocycles. The lowest BCUT2D eigenvalue weighted by Gasteiger charge is -2.36. The van der Waals surface area contributed by atoms with Gasteiger partial charge in [0.25, 0.3) is 5.91 Å². The fourth-order valence-corrected chi connectivity index (χ4v) is 4.71. The Morgan fingerprint density at radius 2 is 2.08 bits per heavy atom. The molecule has 1 aliphatic carbocycles. The van der Waals surface area contributed by atoms with Crippen molar-refractivity contribution in [1.82, 2.24) is 15.2 Å². The van der Waals surface area contributed by atoms with Crippen LogP contribution in [0.5, 0.6) is 0 Å². The number of imide groups is 1. The highest BCUT2D eigenvalue weighted by atomic mass is 32.1. The molecule has 2 fully saturated rings. The Hall–Kier alpha value is -2.21. The van der Waals surface area contributed by atoms with E-state index in [0.717, 1.165) is 41.9 Å². The molecule has 3 amide bonds. The Balaban J connectivity index is 1.54. The quantitative estimate of drug-likeness (QED) is 0.852. The van der Waals surface area contributed by atoms with Gasteiger partial charge in [0.15, 0.2) is 0 Å². The summed E-state index contributed by atoms with van der Waals surface area (Å²) in [6, 6.07) is 9.65. The Morgan fingerprint density at radius 3 is 2.84 bits per heavy atom. The minimum atomic E-state index is -0.701. The first-order valence-corrected chi connectivity index (χ1v) is 9.62. The highest BCUT2D eigenvalue weighted by Crippen LogP contribution is 2.38. The number of amides is 3. The second-order valence-electron chi connectivity index (χ2n) is 6.95. The molecule has 130 valence electrons. The summed E-state index contributed by atoms with van der Waals surface area (Å²) in [6.45, 7) is 2.31. The number of thiazole rings is 1. The van der Waals surface area contributed by atoms with E-state index >= 15 is 0 Å². The molecule has 2 aromatic rings. The number of nitrogens with one attached hydrogen (secondary N) is 1. The van der Waals surface area contributed by atoms with Crippen molar-refractivity contribution in [3.63, 3.8) is 0 Å². The third-order valence-corrected chi connectivity index (χ3v) is 6.33. The van der Waals surface area contributed by atoms with Gasteiger partial charge in [-0.25, -0.2) is 9.78 Å². The molecule has 4 rings (SSSR count). The molecule has 1 aliphatic heterocycles. The maximum absolute atomic E-state index is 13.0. The van der Waals surface area contributed by atoms with Gasteiger partial charge in [0.05, 0.1) is 12.2 Å². The minimum absolute atomic E-state index is 0.0843. The van der Waals surface area contributed by atoms with Crippen molar-refractivity contribution in [2.75, 3.05) is 0 Å². The van der Waals surface area contributed by atoms with Gasteiger partial charge >= 0.3 is 6.03 Å². The number of carbonyl (C=O) groups excluding carboxylic acids is 2. The number of urea groups is 1. The molecule has 1 aromatic heterocycles. The van der Waals surface area contributed by atoms with Gasteiger partial charge in [-0.1, -0.05) is 50.1 Å². The predicted molar refractivity (Wildman–Crippen MR) is 97.0 cm³/mol. The van der Waals surface area contributed by atoms with Gasteiger partial charge in [-0.15, -0.1) is 11.3 Å². The third kappa shape index (κ3) is 2.74. The first kappa shape index (κ1) is 16.3. The van der Waals surface area contributed by atoms with E-state index < -0.39 is 5.54 Å². The molecule has 1 spiro atoms. The zero-order chi connectivity index (χ0) is 17.4. The predicted octanol–water partition coefficient (Wildman–Crippen LogP) is 3.81. The largest absolute Gasteiger partial charge is 0.325 e. The number of rotatable bonds is 3. The minimum Gasteiger partial charge on any atom is -0.323 e. The first-order valence-electron chi connectivity index (χ1n) is 8.74. The standard InChI is InChI=1S/C19H21N3O2S/c1-13-7-5-6-10-19(13)17(23)22(18(24)21-19)11-15-12-25-16(20-15)14-8-3-2-4-9-14/h2-4,8-9,12-13H,5-7,10-11H2,1H3,(H,21,24)/t13-,19-/m0/s1. The Kier molecular flexibility index (Phi) is 4.07. The second kappa shape index (κ2) is 6.26. The van der Waals surface area contributed by atoms with E-state index in [9.17, 15) is 9.59 Å². The number of benzene rings is 1. The van der Waals surface area contributed by atoms with Gasteiger partial charge in [0.1, 0.15) is 10.5 Å². The summed E-state index contributed by atoms with van der Waals surface area (Å²) in [6.07, 6.45) is 3.83. The van der Waals surface area contributed by atoms with Crippen LogP contribution in [0, 0.1) is 5.92 Å². The van der Waals surface area contributed by atoms with Crippen LogP contribution in [0.4, 0.5) is 4.79 Å². The second-order valence-corrected chi connectivity index (χ2v) is 7.81. The Morgan fingerprint density at radius 1 is 1.28 bits per heavy atom. The average molecular weight is 355 g/mol. The summed E-state index contributed by atoms with van der Waals surface area (Å²) < 4.78 is 0. The molecule has 25 heavy (non-hydrogen) atoms. The van der Waals surface area contributed by atoms with Crippen molar-refractivity contribution in [2.45, 2.75) is 44.7 Å². The van der Waals surface area contributed by atoms with E-state index in [2.05, 4.69) is 17.2 Å². The topological polar surface area (TPSA) is 62.3 Å². The van der Waals surface area contributed by atoms with Crippen LogP contribution in [-0.4, -0.2) is 27.4 Å². The van der Waals surface area contributed by atoms with E-state index in [1.165, 1.54) is 16.2 Å². The van der Waals surface area contributed by atoms with Gasteiger partial charge in [0, 0.05) is 10.9 Å². The molecular weight excluding hydrogens is 334 g/mol. The summed E-state index contributed by atoms with van der Waals surface area (Å²) in [4.78, 5) is 31.4. The molecule has 5 nitrogen and oxygen atoms in total. The molecule has 1 saturated heterocycles. The van der Waals surface area contributed by atoms with E-state index in [1.54, 1.807) is 0 Å². The maximum atomic E-state index is 13.0. The normalized spacial score (nSPS) is 26.3. The average Bonchev–Trinajstić information content (AvgIpc) is 3.18. The molecule has 0 radical (unpaired) electrons. The highest BCUT2D eigenvalue weighted by molar-refractivity contribution is 7.13. The summed E-state index contributed by atoms with van der Waals surface area (Å²) >= 11 is 1.54. The van der Waals surface area contributed by atoms with Crippen molar-refractivity contribution < 1.29 is 9.59 Å². The fraction of sp³-hybridized carbons (Fsp3) is 0.421. The van der Waals surface area contributed by atoms with Crippen molar-refractivity contribution in [2.24, 2.45) is 5.92 Å². The van der Waals surface area contributed by atoms with Crippen LogP contribution in [0.3, 0.4) is 0 Å².